The number of hydrogen-bond acceptors (Lipinski definition) is 2. The highest BCUT2D eigenvalue weighted by atomic mass is 35.5. The first kappa shape index (κ1) is 7.90. The van der Waals surface area contributed by atoms with Crippen LogP contribution in [-0.2, 0) is 0 Å². The molecule has 0 atom stereocenters. The van der Waals surface area contributed by atoms with Crippen molar-refractivity contribution < 1.29 is 5.11 Å². The third-order valence-electron chi connectivity index (χ3n) is 1.86. The molecule has 0 amide bonds. The van der Waals surface area contributed by atoms with Crippen LogP contribution in [0.3, 0.4) is 0 Å². The maximum Gasteiger partial charge on any atom is 0.135 e. The molecule has 12 heavy (non-hydrogen) atoms. The number of phenols is 1. The fourth-order valence-corrected chi connectivity index (χ4v) is 2.47. The van der Waals surface area contributed by atoms with E-state index in [1.807, 2.05) is 18.4 Å². The average molecular weight is 199 g/mol. The smallest absolute Gasteiger partial charge is 0.135 e. The Hall–Kier alpha value is -0.730. The predicted octanol–water partition coefficient (Wildman–Crippen LogP) is 3.57. The Bertz CT molecular complexity index is 433. The highest BCUT2D eigenvalue weighted by molar-refractivity contribution is 7.18. The summed E-state index contributed by atoms with van der Waals surface area (Å²) in [5.74, 6) is 0.158. The van der Waals surface area contributed by atoms with Crippen LogP contribution in [0.5, 0.6) is 5.75 Å². The van der Waals surface area contributed by atoms with Gasteiger partial charge < -0.3 is 5.11 Å². The van der Waals surface area contributed by atoms with Gasteiger partial charge in [0.1, 0.15) is 10.8 Å². The first-order valence-electron chi connectivity index (χ1n) is 3.55. The van der Waals surface area contributed by atoms with E-state index in [4.69, 9.17) is 11.6 Å². The van der Waals surface area contributed by atoms with Crippen molar-refractivity contribution in [1.82, 2.24) is 0 Å². The summed E-state index contributed by atoms with van der Waals surface area (Å²) in [4.78, 5) is 0. The molecule has 62 valence electrons. The topological polar surface area (TPSA) is 20.2 Å². The van der Waals surface area contributed by atoms with Gasteiger partial charge in [-0.25, -0.2) is 0 Å². The highest BCUT2D eigenvalue weighted by Crippen LogP contribution is 2.36. The molecule has 0 saturated carbocycles. The van der Waals surface area contributed by atoms with E-state index in [-0.39, 0.29) is 5.75 Å². The monoisotopic (exact) mass is 198 g/mol. The minimum atomic E-state index is 0.158. The second-order valence-corrected chi connectivity index (χ2v) is 3.95. The summed E-state index contributed by atoms with van der Waals surface area (Å²) in [5, 5.41) is 12.9. The molecule has 0 spiro atoms. The Kier molecular flexibility index (Phi) is 1.74. The first-order chi connectivity index (χ1) is 5.70. The maximum absolute atomic E-state index is 9.30. The van der Waals surface area contributed by atoms with Crippen LogP contribution in [0, 0.1) is 6.92 Å². The van der Waals surface area contributed by atoms with Crippen LogP contribution in [0.4, 0.5) is 0 Å². The maximum atomic E-state index is 9.30. The number of phenolic OH excluding ortho intramolecular Hbond substituents is 1. The molecule has 1 aromatic heterocycles. The molecule has 1 aromatic carbocycles. The number of halogens is 1. The summed E-state index contributed by atoms with van der Waals surface area (Å²) in [6, 6.07) is 3.52. The number of thiophene rings is 1. The van der Waals surface area contributed by atoms with Gasteiger partial charge in [-0.3, -0.25) is 0 Å². The van der Waals surface area contributed by atoms with Crippen LogP contribution < -0.4 is 0 Å². The van der Waals surface area contributed by atoms with Crippen molar-refractivity contribution in [1.29, 1.82) is 0 Å². The second kappa shape index (κ2) is 2.64. The number of benzene rings is 1. The van der Waals surface area contributed by atoms with Gasteiger partial charge in [0.15, 0.2) is 0 Å². The summed E-state index contributed by atoms with van der Waals surface area (Å²) < 4.78 is 0.967. The molecule has 1 heterocycles. The summed E-state index contributed by atoms with van der Waals surface area (Å²) in [6.07, 6.45) is 0. The molecule has 0 saturated heterocycles. The summed E-state index contributed by atoms with van der Waals surface area (Å²) in [6.45, 7) is 2.03. The zero-order valence-corrected chi connectivity index (χ0v) is 8.04. The van der Waals surface area contributed by atoms with E-state index in [0.29, 0.717) is 5.02 Å². The van der Waals surface area contributed by atoms with Gasteiger partial charge >= 0.3 is 0 Å². The quantitative estimate of drug-likeness (QED) is 0.686. The van der Waals surface area contributed by atoms with E-state index in [1.165, 1.54) is 5.56 Å². The molecule has 0 bridgehead atoms. The fraction of sp³-hybridized carbons (Fsp3) is 0.111. The van der Waals surface area contributed by atoms with E-state index in [1.54, 1.807) is 17.4 Å². The van der Waals surface area contributed by atoms with Crippen molar-refractivity contribution in [3.63, 3.8) is 0 Å². The molecule has 1 nitrogen and oxygen atoms in total. The Balaban J connectivity index is 2.93. The zero-order chi connectivity index (χ0) is 8.72. The van der Waals surface area contributed by atoms with Gasteiger partial charge in [-0.2, -0.15) is 0 Å². The van der Waals surface area contributed by atoms with Crippen molar-refractivity contribution in [2.75, 3.05) is 0 Å². The first-order valence-corrected chi connectivity index (χ1v) is 4.81. The minimum absolute atomic E-state index is 0.158. The largest absolute Gasteiger partial charge is 0.506 e. The molecule has 0 aliphatic heterocycles. The SMILES string of the molecule is Cc1csc2c(Cl)c(O)ccc12. The lowest BCUT2D eigenvalue weighted by Crippen LogP contribution is -1.70. The second-order valence-electron chi connectivity index (χ2n) is 2.69. The van der Waals surface area contributed by atoms with Gasteiger partial charge in [0.05, 0.1) is 4.70 Å². The average Bonchev–Trinajstić information content (AvgIpc) is 2.41. The van der Waals surface area contributed by atoms with Crippen LogP contribution in [0.25, 0.3) is 10.1 Å². The Morgan fingerprint density at radius 1 is 1.42 bits per heavy atom. The van der Waals surface area contributed by atoms with Crippen molar-refractivity contribution >= 4 is 33.0 Å². The van der Waals surface area contributed by atoms with E-state index in [9.17, 15) is 5.11 Å². The lowest BCUT2D eigenvalue weighted by molar-refractivity contribution is 0.476. The Morgan fingerprint density at radius 3 is 2.92 bits per heavy atom. The molecular weight excluding hydrogens is 192 g/mol. The van der Waals surface area contributed by atoms with E-state index in [2.05, 4.69) is 0 Å². The summed E-state index contributed by atoms with van der Waals surface area (Å²) in [5.41, 5.74) is 1.21. The fourth-order valence-electron chi connectivity index (χ4n) is 1.18. The molecule has 0 aliphatic rings. The van der Waals surface area contributed by atoms with Gasteiger partial charge in [0.2, 0.25) is 0 Å². The minimum Gasteiger partial charge on any atom is -0.506 e. The van der Waals surface area contributed by atoms with Crippen molar-refractivity contribution in [3.8, 4) is 5.75 Å². The van der Waals surface area contributed by atoms with Crippen LogP contribution >= 0.6 is 22.9 Å². The van der Waals surface area contributed by atoms with E-state index in [0.717, 1.165) is 10.1 Å². The zero-order valence-electron chi connectivity index (χ0n) is 6.47. The number of hydrogen-bond donors (Lipinski definition) is 1. The lowest BCUT2D eigenvalue weighted by atomic mass is 10.2. The van der Waals surface area contributed by atoms with Crippen molar-refractivity contribution in [2.45, 2.75) is 6.92 Å². The summed E-state index contributed by atoms with van der Waals surface area (Å²) in [7, 11) is 0. The Labute approximate surface area is 79.2 Å². The van der Waals surface area contributed by atoms with E-state index >= 15 is 0 Å². The molecule has 2 rings (SSSR count). The molecule has 0 unspecified atom stereocenters. The van der Waals surface area contributed by atoms with Gasteiger partial charge in [-0.15, -0.1) is 11.3 Å². The molecule has 0 aliphatic carbocycles. The molecule has 0 fully saturated rings. The number of fused-ring (bicyclic) bond motifs is 1. The Morgan fingerprint density at radius 2 is 2.17 bits per heavy atom. The van der Waals surface area contributed by atoms with Crippen LogP contribution in [0.1, 0.15) is 5.56 Å². The molecule has 0 radical (unpaired) electrons. The van der Waals surface area contributed by atoms with Gasteiger partial charge in [-0.1, -0.05) is 11.6 Å². The van der Waals surface area contributed by atoms with Crippen LogP contribution in [0.15, 0.2) is 17.5 Å². The van der Waals surface area contributed by atoms with Gasteiger partial charge in [0.25, 0.3) is 0 Å². The van der Waals surface area contributed by atoms with Crippen LogP contribution in [0.2, 0.25) is 5.02 Å². The number of rotatable bonds is 0. The van der Waals surface area contributed by atoms with Crippen molar-refractivity contribution in [2.24, 2.45) is 0 Å². The lowest BCUT2D eigenvalue weighted by Gasteiger charge is -1.97. The predicted molar refractivity (Wildman–Crippen MR) is 53.2 cm³/mol. The van der Waals surface area contributed by atoms with E-state index < -0.39 is 0 Å². The molecular formula is C9H7ClOS. The third-order valence-corrected chi connectivity index (χ3v) is 3.48. The molecule has 1 N–H and O–H groups in total. The third kappa shape index (κ3) is 0.993. The summed E-state index contributed by atoms with van der Waals surface area (Å²) >= 11 is 7.46. The normalized spacial score (nSPS) is 10.8. The standard InChI is InChI=1S/C9H7ClOS/c1-5-4-12-9-6(5)2-3-7(11)8(9)10/h2-4,11H,1H3. The molecule has 3 heteroatoms. The van der Waals surface area contributed by atoms with Crippen molar-refractivity contribution in [3.05, 3.63) is 28.1 Å². The number of aryl methyl sites for hydroxylation is 1. The van der Waals surface area contributed by atoms with Crippen LogP contribution in [-0.4, -0.2) is 5.11 Å². The van der Waals surface area contributed by atoms with Gasteiger partial charge in [0, 0.05) is 0 Å². The molecule has 2 aromatic rings. The number of aromatic hydroxyl groups is 1. The highest BCUT2D eigenvalue weighted by Gasteiger charge is 2.07. The van der Waals surface area contributed by atoms with Gasteiger partial charge in [-0.05, 0) is 35.4 Å².